The van der Waals surface area contributed by atoms with Crippen LogP contribution in [-0.4, -0.2) is 82.7 Å². The zero-order chi connectivity index (χ0) is 22.8. The molecular weight excluding hydrogens is 456 g/mol. The third kappa shape index (κ3) is 3.23. The molecule has 1 amide bonds. The van der Waals surface area contributed by atoms with Gasteiger partial charge >= 0.3 is 11.9 Å². The molecule has 2 aliphatic rings. The van der Waals surface area contributed by atoms with Gasteiger partial charge in [0.2, 0.25) is 5.91 Å². The summed E-state index contributed by atoms with van der Waals surface area (Å²) in [6, 6.07) is -0.0938. The number of carboxylic acids is 2. The average Bonchev–Trinajstić information content (AvgIpc) is 3.05. The lowest BCUT2D eigenvalue weighted by atomic mass is 10.0. The van der Waals surface area contributed by atoms with Crippen molar-refractivity contribution in [1.82, 2.24) is 24.5 Å². The van der Waals surface area contributed by atoms with Crippen LogP contribution < -0.4 is 5.73 Å². The van der Waals surface area contributed by atoms with E-state index in [4.69, 9.17) is 5.73 Å². The number of nitrogens with zero attached hydrogens (tertiary/aromatic N) is 5. The minimum Gasteiger partial charge on any atom is -0.477 e. The van der Waals surface area contributed by atoms with Gasteiger partial charge in [0.15, 0.2) is 10.9 Å². The van der Waals surface area contributed by atoms with Crippen molar-refractivity contribution in [2.24, 2.45) is 5.73 Å². The van der Waals surface area contributed by atoms with Gasteiger partial charge in [-0.1, -0.05) is 0 Å². The van der Waals surface area contributed by atoms with Crippen LogP contribution in [0.2, 0.25) is 0 Å². The largest absolute Gasteiger partial charge is 0.477 e. The Morgan fingerprint density at radius 1 is 1.29 bits per heavy atom. The molecule has 164 valence electrons. The van der Waals surface area contributed by atoms with E-state index in [1.807, 2.05) is 0 Å². The molecule has 4 heterocycles. The molecule has 0 radical (unpaired) electrons. The maximum Gasteiger partial charge on any atom is 0.354 e. The lowest BCUT2D eigenvalue weighted by Crippen LogP contribution is -2.68. The van der Waals surface area contributed by atoms with Crippen LogP contribution in [0.25, 0.3) is 5.78 Å². The molecule has 0 spiro atoms. The number of hydrogen-bond donors (Lipinski definition) is 4. The number of carboxylic acid groups (broad SMARTS) is 2. The van der Waals surface area contributed by atoms with E-state index in [0.29, 0.717) is 0 Å². The Bertz CT molecular complexity index is 1300. The summed E-state index contributed by atoms with van der Waals surface area (Å²) in [4.78, 5) is 44.2. The second kappa shape index (κ2) is 6.98. The Kier molecular flexibility index (Phi) is 4.76. The van der Waals surface area contributed by atoms with Crippen molar-refractivity contribution in [1.29, 1.82) is 0 Å². The summed E-state index contributed by atoms with van der Waals surface area (Å²) < 4.78 is 35.8. The molecule has 14 nitrogen and oxygen atoms in total. The first-order chi connectivity index (χ1) is 14.4. The third-order valence-electron chi connectivity index (χ3n) is 4.79. The van der Waals surface area contributed by atoms with Crippen LogP contribution >= 0.6 is 11.8 Å². The molecule has 0 aromatic carbocycles. The molecule has 4 rings (SSSR count). The summed E-state index contributed by atoms with van der Waals surface area (Å²) in [5.41, 5.74) is 3.73. The standard InChI is InChI=1S/C15H14N6O8S2/c1-4-17-15-18-6(13(23)24)2-7(21(15)19-4)10(31(27,28)29)5-3-30-12-8(16)11(22)20(12)9(5)14(25)26/h2,8,10,12H,3,16H2,1H3,(H,23,24)(H,25,26)(H,27,28,29). The summed E-state index contributed by atoms with van der Waals surface area (Å²) in [6.45, 7) is 1.45. The average molecular weight is 470 g/mol. The number of rotatable bonds is 5. The fourth-order valence-electron chi connectivity index (χ4n) is 3.54. The Balaban J connectivity index is 2.03. The predicted molar refractivity (Wildman–Crippen MR) is 102 cm³/mol. The molecule has 0 aliphatic carbocycles. The number of aromatic carboxylic acids is 1. The second-order valence-corrected chi connectivity index (χ2v) is 9.36. The van der Waals surface area contributed by atoms with Crippen molar-refractivity contribution >= 4 is 45.5 Å². The summed E-state index contributed by atoms with van der Waals surface area (Å²) in [6.07, 6.45) is 0. The highest BCUT2D eigenvalue weighted by atomic mass is 32.2. The van der Waals surface area contributed by atoms with Gasteiger partial charge in [-0.2, -0.15) is 17.9 Å². The third-order valence-corrected chi connectivity index (χ3v) is 7.23. The highest BCUT2D eigenvalue weighted by molar-refractivity contribution is 8.00. The van der Waals surface area contributed by atoms with Gasteiger partial charge in [-0.15, -0.1) is 16.9 Å². The zero-order valence-corrected chi connectivity index (χ0v) is 17.2. The number of amides is 1. The van der Waals surface area contributed by atoms with E-state index >= 15 is 0 Å². The Hall–Kier alpha value is -3.08. The lowest BCUT2D eigenvalue weighted by molar-refractivity contribution is -0.148. The molecule has 1 saturated heterocycles. The summed E-state index contributed by atoms with van der Waals surface area (Å²) in [7, 11) is -5.07. The number of carbonyl (C=O) groups is 3. The molecule has 2 aliphatic heterocycles. The van der Waals surface area contributed by atoms with Gasteiger partial charge in [0.1, 0.15) is 22.9 Å². The van der Waals surface area contributed by atoms with Crippen molar-refractivity contribution in [2.75, 3.05) is 5.75 Å². The van der Waals surface area contributed by atoms with Crippen LogP contribution in [0.4, 0.5) is 0 Å². The van der Waals surface area contributed by atoms with Gasteiger partial charge in [-0.05, 0) is 18.6 Å². The minimum atomic E-state index is -5.07. The molecule has 5 N–H and O–H groups in total. The number of carbonyl (C=O) groups excluding carboxylic acids is 1. The number of hydrogen-bond acceptors (Lipinski definition) is 10. The number of nitrogens with two attached hydrogens (primary N) is 1. The van der Waals surface area contributed by atoms with Crippen molar-refractivity contribution < 1.29 is 37.6 Å². The fraction of sp³-hybridized carbons (Fsp3) is 0.333. The van der Waals surface area contributed by atoms with Crippen LogP contribution in [0.5, 0.6) is 0 Å². The second-order valence-electron chi connectivity index (χ2n) is 6.75. The first-order valence-electron chi connectivity index (χ1n) is 8.52. The molecule has 2 aromatic heterocycles. The van der Waals surface area contributed by atoms with E-state index in [-0.39, 0.29) is 22.9 Å². The molecule has 31 heavy (non-hydrogen) atoms. The van der Waals surface area contributed by atoms with Crippen molar-refractivity contribution in [2.45, 2.75) is 23.6 Å². The molecule has 2 aromatic rings. The van der Waals surface area contributed by atoms with Gasteiger partial charge in [0, 0.05) is 5.75 Å². The van der Waals surface area contributed by atoms with Crippen molar-refractivity contribution in [3.05, 3.63) is 34.5 Å². The molecule has 3 unspecified atom stereocenters. The molecule has 1 fully saturated rings. The highest BCUT2D eigenvalue weighted by Crippen LogP contribution is 2.45. The summed E-state index contributed by atoms with van der Waals surface area (Å²) >= 11 is 1.02. The van der Waals surface area contributed by atoms with Crippen molar-refractivity contribution in [3.8, 4) is 0 Å². The molecule has 16 heteroatoms. The Morgan fingerprint density at radius 2 is 1.97 bits per heavy atom. The first-order valence-corrected chi connectivity index (χ1v) is 11.1. The number of thioether (sulfide) groups is 1. The molecule has 3 atom stereocenters. The van der Waals surface area contributed by atoms with Crippen LogP contribution in [0.3, 0.4) is 0 Å². The van der Waals surface area contributed by atoms with Crippen molar-refractivity contribution in [3.63, 3.8) is 0 Å². The summed E-state index contributed by atoms with van der Waals surface area (Å²) in [5, 5.41) is 20.3. The van der Waals surface area contributed by atoms with Gasteiger partial charge in [0.05, 0.1) is 5.69 Å². The molecular formula is C15H14N6O8S2. The maximum atomic E-state index is 12.4. The fourth-order valence-corrected chi connectivity index (χ4v) is 6.01. The minimum absolute atomic E-state index is 0.125. The molecule has 0 saturated carbocycles. The van der Waals surface area contributed by atoms with E-state index in [1.54, 1.807) is 0 Å². The maximum absolute atomic E-state index is 12.4. The van der Waals surface area contributed by atoms with Crippen LogP contribution in [0, 0.1) is 6.92 Å². The smallest absolute Gasteiger partial charge is 0.354 e. The van der Waals surface area contributed by atoms with E-state index in [0.717, 1.165) is 27.2 Å². The van der Waals surface area contributed by atoms with Gasteiger partial charge < -0.3 is 15.9 Å². The van der Waals surface area contributed by atoms with Gasteiger partial charge in [0.25, 0.3) is 15.9 Å². The monoisotopic (exact) mass is 470 g/mol. The van der Waals surface area contributed by atoms with E-state index in [9.17, 15) is 37.6 Å². The van der Waals surface area contributed by atoms with E-state index < -0.39 is 61.7 Å². The molecule has 0 bridgehead atoms. The quantitative estimate of drug-likeness (QED) is 0.293. The first kappa shape index (κ1) is 21.2. The normalized spacial score (nSPS) is 22.3. The number of aromatic nitrogens is 4. The van der Waals surface area contributed by atoms with E-state index in [2.05, 4.69) is 15.1 Å². The van der Waals surface area contributed by atoms with Crippen LogP contribution in [0.1, 0.15) is 27.3 Å². The SMILES string of the molecule is Cc1nc2nc(C(=O)O)cc(C(C3=C(C(=O)O)N4C(=O)C(N)C4SC3)S(=O)(=O)O)n2n1. The Labute approximate surface area is 177 Å². The summed E-state index contributed by atoms with van der Waals surface area (Å²) in [5.74, 6) is -4.18. The van der Waals surface area contributed by atoms with Gasteiger partial charge in [-0.3, -0.25) is 14.2 Å². The highest BCUT2D eigenvalue weighted by Gasteiger charge is 2.54. The number of aliphatic carboxylic acids is 1. The lowest BCUT2D eigenvalue weighted by Gasteiger charge is -2.48. The van der Waals surface area contributed by atoms with Crippen LogP contribution in [0.15, 0.2) is 17.3 Å². The van der Waals surface area contributed by atoms with Crippen LogP contribution in [-0.2, 0) is 19.7 Å². The topological polar surface area (TPSA) is 218 Å². The number of β-lactam (4-membered cyclic amide) rings is 1. The number of fused-ring (bicyclic) bond motifs is 2. The van der Waals surface area contributed by atoms with E-state index in [1.165, 1.54) is 6.92 Å². The van der Waals surface area contributed by atoms with Gasteiger partial charge in [-0.25, -0.2) is 14.6 Å². The Morgan fingerprint density at radius 3 is 2.55 bits per heavy atom. The number of aryl methyl sites for hydroxylation is 1. The predicted octanol–water partition coefficient (Wildman–Crippen LogP) is -1.36. The zero-order valence-electron chi connectivity index (χ0n) is 15.5.